The van der Waals surface area contributed by atoms with Crippen LogP contribution in [0.5, 0.6) is 5.75 Å². The van der Waals surface area contributed by atoms with Gasteiger partial charge in [-0.15, -0.1) is 11.3 Å². The van der Waals surface area contributed by atoms with Crippen LogP contribution in [-0.4, -0.2) is 24.6 Å². The maximum atomic E-state index is 6.07. The number of aryl methyl sites for hydroxylation is 1. The lowest BCUT2D eigenvalue weighted by Crippen LogP contribution is -2.36. The van der Waals surface area contributed by atoms with Gasteiger partial charge in [0.15, 0.2) is 5.96 Å². The van der Waals surface area contributed by atoms with Gasteiger partial charge in [0.2, 0.25) is 0 Å². The lowest BCUT2D eigenvalue weighted by Gasteiger charge is -2.26. The minimum Gasteiger partial charge on any atom is -0.495 e. The first-order valence-electron chi connectivity index (χ1n) is 6.35. The van der Waals surface area contributed by atoms with Crippen molar-refractivity contribution in [2.45, 2.75) is 13.0 Å². The zero-order chi connectivity index (χ0) is 14.1. The molecule has 1 aromatic carbocycles. The Bertz CT molecular complexity index is 652. The molecular weight excluding hydrogens is 272 g/mol. The number of hydrogen-bond acceptors (Lipinski definition) is 6. The molecule has 0 bridgehead atoms. The van der Waals surface area contributed by atoms with Crippen molar-refractivity contribution in [2.75, 3.05) is 18.6 Å². The molecule has 0 aliphatic carbocycles. The fraction of sp³-hybridized carbons (Fsp3) is 0.286. The summed E-state index contributed by atoms with van der Waals surface area (Å²) < 4.78 is 5.43. The number of hydrogen-bond donors (Lipinski definition) is 1. The molecule has 1 unspecified atom stereocenters. The van der Waals surface area contributed by atoms with Crippen LogP contribution in [0.25, 0.3) is 0 Å². The van der Waals surface area contributed by atoms with Crippen molar-refractivity contribution in [1.29, 1.82) is 0 Å². The average Bonchev–Trinajstić information content (AvgIpc) is 3.04. The number of guanidine groups is 1. The molecule has 104 valence electrons. The number of aliphatic imine (C=N–C) groups is 1. The van der Waals surface area contributed by atoms with Gasteiger partial charge in [-0.1, -0.05) is 12.1 Å². The third kappa shape index (κ3) is 2.12. The van der Waals surface area contributed by atoms with E-state index in [2.05, 4.69) is 9.98 Å². The molecule has 3 rings (SSSR count). The zero-order valence-electron chi connectivity index (χ0n) is 11.4. The highest BCUT2D eigenvalue weighted by atomic mass is 32.1. The Kier molecular flexibility index (Phi) is 3.31. The Balaban J connectivity index is 2.02. The summed E-state index contributed by atoms with van der Waals surface area (Å²) in [6.07, 6.45) is 0. The molecular formula is C14H16N4OS. The molecule has 5 nitrogen and oxygen atoms in total. The van der Waals surface area contributed by atoms with Gasteiger partial charge in [-0.3, -0.25) is 9.89 Å². The quantitative estimate of drug-likeness (QED) is 0.941. The highest BCUT2D eigenvalue weighted by Crippen LogP contribution is 2.37. The summed E-state index contributed by atoms with van der Waals surface area (Å²) in [4.78, 5) is 10.9. The molecule has 0 saturated carbocycles. The molecule has 0 amide bonds. The molecule has 1 aromatic heterocycles. The molecule has 0 spiro atoms. The Morgan fingerprint density at radius 3 is 2.90 bits per heavy atom. The molecule has 0 fully saturated rings. The monoisotopic (exact) mass is 288 g/mol. The first kappa shape index (κ1) is 12.9. The molecule has 1 aliphatic rings. The molecule has 20 heavy (non-hydrogen) atoms. The van der Waals surface area contributed by atoms with E-state index in [-0.39, 0.29) is 6.04 Å². The van der Waals surface area contributed by atoms with Crippen LogP contribution >= 0.6 is 11.3 Å². The number of methoxy groups -OCH3 is 1. The number of anilines is 1. The van der Waals surface area contributed by atoms with E-state index in [1.165, 1.54) is 0 Å². The van der Waals surface area contributed by atoms with Crippen molar-refractivity contribution in [2.24, 2.45) is 10.7 Å². The standard InChI is InChI=1S/C14H16N4OS/c1-9-8-20-13(17-9)11-7-16-14(15)18(11)10-5-3-4-6-12(10)19-2/h3-6,8,11H,7H2,1-2H3,(H2,15,16). The maximum Gasteiger partial charge on any atom is 0.196 e. The highest BCUT2D eigenvalue weighted by Gasteiger charge is 2.32. The normalized spacial score (nSPS) is 18.2. The number of ether oxygens (including phenoxy) is 1. The van der Waals surface area contributed by atoms with E-state index in [0.29, 0.717) is 12.5 Å². The van der Waals surface area contributed by atoms with Gasteiger partial charge >= 0.3 is 0 Å². The van der Waals surface area contributed by atoms with Gasteiger partial charge in [0, 0.05) is 11.1 Å². The number of thiazole rings is 1. The van der Waals surface area contributed by atoms with Crippen molar-refractivity contribution >= 4 is 23.0 Å². The summed E-state index contributed by atoms with van der Waals surface area (Å²) in [5.74, 6) is 1.29. The fourth-order valence-corrected chi connectivity index (χ4v) is 3.21. The second kappa shape index (κ2) is 5.13. The van der Waals surface area contributed by atoms with E-state index in [9.17, 15) is 0 Å². The molecule has 1 atom stereocenters. The van der Waals surface area contributed by atoms with E-state index < -0.39 is 0 Å². The van der Waals surface area contributed by atoms with Crippen LogP contribution in [-0.2, 0) is 0 Å². The summed E-state index contributed by atoms with van der Waals surface area (Å²) >= 11 is 1.64. The number of rotatable bonds is 3. The smallest absolute Gasteiger partial charge is 0.196 e. The van der Waals surface area contributed by atoms with Crippen LogP contribution in [0, 0.1) is 6.92 Å². The molecule has 2 heterocycles. The zero-order valence-corrected chi connectivity index (χ0v) is 12.2. The average molecular weight is 288 g/mol. The summed E-state index contributed by atoms with van der Waals surface area (Å²) in [7, 11) is 1.66. The summed E-state index contributed by atoms with van der Waals surface area (Å²) in [5.41, 5.74) is 8.01. The Hall–Kier alpha value is -2.08. The lowest BCUT2D eigenvalue weighted by molar-refractivity contribution is 0.415. The predicted molar refractivity (Wildman–Crippen MR) is 81.6 cm³/mol. The van der Waals surface area contributed by atoms with Gasteiger partial charge in [0.1, 0.15) is 16.8 Å². The molecule has 0 saturated heterocycles. The summed E-state index contributed by atoms with van der Waals surface area (Å²) in [5, 5.41) is 3.07. The first-order valence-corrected chi connectivity index (χ1v) is 7.23. The van der Waals surface area contributed by atoms with Crippen LogP contribution in [0.2, 0.25) is 0 Å². The SMILES string of the molecule is COc1ccccc1N1C(N)=NCC1c1nc(C)cs1. The van der Waals surface area contributed by atoms with E-state index in [0.717, 1.165) is 22.1 Å². The largest absolute Gasteiger partial charge is 0.495 e. The third-order valence-electron chi connectivity index (χ3n) is 3.25. The number of nitrogens with zero attached hydrogens (tertiary/aromatic N) is 3. The molecule has 2 N–H and O–H groups in total. The van der Waals surface area contributed by atoms with Crippen molar-refractivity contribution in [3.63, 3.8) is 0 Å². The van der Waals surface area contributed by atoms with Gasteiger partial charge in [-0.05, 0) is 19.1 Å². The lowest BCUT2D eigenvalue weighted by atomic mass is 10.2. The Labute approximate surface area is 121 Å². The van der Waals surface area contributed by atoms with Crippen LogP contribution in [0.1, 0.15) is 16.7 Å². The van der Waals surface area contributed by atoms with Crippen LogP contribution < -0.4 is 15.4 Å². The van der Waals surface area contributed by atoms with Crippen molar-refractivity contribution < 1.29 is 4.74 Å². The van der Waals surface area contributed by atoms with Gasteiger partial charge in [-0.2, -0.15) is 0 Å². The maximum absolute atomic E-state index is 6.07. The first-order chi connectivity index (χ1) is 9.70. The van der Waals surface area contributed by atoms with Gasteiger partial charge < -0.3 is 10.5 Å². The second-order valence-electron chi connectivity index (χ2n) is 4.58. The fourth-order valence-electron chi connectivity index (χ4n) is 2.33. The van der Waals surface area contributed by atoms with Gasteiger partial charge in [0.25, 0.3) is 0 Å². The van der Waals surface area contributed by atoms with E-state index in [1.54, 1.807) is 18.4 Å². The number of benzene rings is 1. The van der Waals surface area contributed by atoms with E-state index in [1.807, 2.05) is 41.5 Å². The van der Waals surface area contributed by atoms with E-state index in [4.69, 9.17) is 10.5 Å². The predicted octanol–water partition coefficient (Wildman–Crippen LogP) is 2.34. The second-order valence-corrected chi connectivity index (χ2v) is 5.47. The third-order valence-corrected chi connectivity index (χ3v) is 4.32. The number of para-hydroxylation sites is 2. The van der Waals surface area contributed by atoms with Crippen molar-refractivity contribution in [3.05, 3.63) is 40.3 Å². The topological polar surface area (TPSA) is 63.7 Å². The molecule has 0 radical (unpaired) electrons. The van der Waals surface area contributed by atoms with Crippen molar-refractivity contribution in [3.8, 4) is 5.75 Å². The van der Waals surface area contributed by atoms with Crippen LogP contribution in [0.4, 0.5) is 5.69 Å². The highest BCUT2D eigenvalue weighted by molar-refractivity contribution is 7.09. The minimum absolute atomic E-state index is 0.0463. The Morgan fingerprint density at radius 2 is 2.20 bits per heavy atom. The minimum atomic E-state index is 0.0463. The van der Waals surface area contributed by atoms with Crippen molar-refractivity contribution in [1.82, 2.24) is 4.98 Å². The van der Waals surface area contributed by atoms with E-state index >= 15 is 0 Å². The van der Waals surface area contributed by atoms with Crippen LogP contribution in [0.15, 0.2) is 34.6 Å². The molecule has 6 heteroatoms. The Morgan fingerprint density at radius 1 is 1.40 bits per heavy atom. The molecule has 1 aliphatic heterocycles. The summed E-state index contributed by atoms with van der Waals surface area (Å²) in [6, 6.07) is 7.86. The summed E-state index contributed by atoms with van der Waals surface area (Å²) in [6.45, 7) is 2.61. The number of aromatic nitrogens is 1. The van der Waals surface area contributed by atoms with Gasteiger partial charge in [-0.25, -0.2) is 4.98 Å². The van der Waals surface area contributed by atoms with Crippen LogP contribution in [0.3, 0.4) is 0 Å². The number of nitrogens with two attached hydrogens (primary N) is 1. The molecule has 2 aromatic rings. The van der Waals surface area contributed by atoms with Gasteiger partial charge in [0.05, 0.1) is 19.3 Å².